The van der Waals surface area contributed by atoms with E-state index >= 15 is 0 Å². The van der Waals surface area contributed by atoms with Crippen LogP contribution in [0.15, 0.2) is 35.5 Å². The molecule has 2 saturated heterocycles. The van der Waals surface area contributed by atoms with Gasteiger partial charge >= 0.3 is 6.18 Å². The standard InChI is InChI=1S/C30H39F3N10O4S/c1-20-18-42(11-5-9-40(20)2)25-7-6-21(43-19-24(36-39-43)28(44)34-8-4-10-41-12-14-47-15-13-41)16-23(25)35-29(45)27-22(30(31,32)33)17-26(37-38-27)48(3)46/h6-7,16-17,19-20H,4-5,8-15,18H2,1-3H3,(H,34,44)(H,35,45)/t20-,48?/m1/s1. The Morgan fingerprint density at radius 3 is 2.56 bits per heavy atom. The first-order valence-electron chi connectivity index (χ1n) is 15.6. The summed E-state index contributed by atoms with van der Waals surface area (Å²) in [6, 6.07) is 5.77. The number of carbonyl (C=O) groups excluding carboxylic acids is 2. The van der Waals surface area contributed by atoms with Gasteiger partial charge in [-0.2, -0.15) is 13.2 Å². The summed E-state index contributed by atoms with van der Waals surface area (Å²) in [7, 11) is 0.176. The Bertz CT molecular complexity index is 1630. The highest BCUT2D eigenvalue weighted by Crippen LogP contribution is 2.34. The molecule has 2 amide bonds. The molecule has 2 fully saturated rings. The summed E-state index contributed by atoms with van der Waals surface area (Å²) in [6.07, 6.45) is -0.755. The summed E-state index contributed by atoms with van der Waals surface area (Å²) < 4.78 is 60.5. The SMILES string of the molecule is C[C@@H]1CN(c2ccc(-n3cc(C(=O)NCCCN4CCOCC4)nn3)cc2NC(=O)c2nnc(S(C)=O)cc2C(F)(F)F)CCCN1C. The molecule has 0 bridgehead atoms. The van der Waals surface area contributed by atoms with Gasteiger partial charge in [-0.15, -0.1) is 15.3 Å². The second-order valence-corrected chi connectivity index (χ2v) is 13.1. The van der Waals surface area contributed by atoms with Crippen molar-refractivity contribution in [2.75, 3.05) is 82.5 Å². The minimum atomic E-state index is -4.95. The number of ether oxygens (including phenoxy) is 1. The number of benzene rings is 1. The predicted octanol–water partition coefficient (Wildman–Crippen LogP) is 2.05. The van der Waals surface area contributed by atoms with E-state index in [-0.39, 0.29) is 17.4 Å². The van der Waals surface area contributed by atoms with Gasteiger partial charge in [0.1, 0.15) is 5.03 Å². The van der Waals surface area contributed by atoms with Gasteiger partial charge in [0, 0.05) is 45.0 Å². The average Bonchev–Trinajstić information content (AvgIpc) is 3.50. The van der Waals surface area contributed by atoms with Crippen LogP contribution in [-0.2, 0) is 21.7 Å². The van der Waals surface area contributed by atoms with Crippen molar-refractivity contribution in [2.45, 2.75) is 37.0 Å². The zero-order valence-electron chi connectivity index (χ0n) is 27.0. The lowest BCUT2D eigenvalue weighted by Gasteiger charge is -2.29. The average molecular weight is 693 g/mol. The number of nitrogens with zero attached hydrogens (tertiary/aromatic N) is 8. The Hall–Kier alpha value is -4.00. The Morgan fingerprint density at radius 1 is 1.06 bits per heavy atom. The van der Waals surface area contributed by atoms with E-state index in [9.17, 15) is 27.0 Å². The van der Waals surface area contributed by atoms with Gasteiger partial charge in [0.25, 0.3) is 11.8 Å². The van der Waals surface area contributed by atoms with E-state index in [2.05, 4.69) is 52.8 Å². The molecule has 0 radical (unpaired) electrons. The zero-order valence-corrected chi connectivity index (χ0v) is 27.8. The van der Waals surface area contributed by atoms with Gasteiger partial charge in [-0.05, 0) is 64.2 Å². The maximum absolute atomic E-state index is 14.0. The van der Waals surface area contributed by atoms with Gasteiger partial charge in [-0.25, -0.2) is 4.68 Å². The molecular weight excluding hydrogens is 653 g/mol. The summed E-state index contributed by atoms with van der Waals surface area (Å²) in [5.74, 6) is -1.54. The molecule has 2 atom stereocenters. The molecule has 4 heterocycles. The van der Waals surface area contributed by atoms with Crippen LogP contribution in [0.5, 0.6) is 0 Å². The van der Waals surface area contributed by atoms with Gasteiger partial charge < -0.3 is 25.2 Å². The first-order valence-corrected chi connectivity index (χ1v) is 17.2. The van der Waals surface area contributed by atoms with Crippen LogP contribution in [0.4, 0.5) is 24.5 Å². The number of anilines is 2. The predicted molar refractivity (Wildman–Crippen MR) is 172 cm³/mol. The van der Waals surface area contributed by atoms with Crippen molar-refractivity contribution in [1.29, 1.82) is 0 Å². The van der Waals surface area contributed by atoms with Crippen LogP contribution in [0.3, 0.4) is 0 Å². The smallest absolute Gasteiger partial charge is 0.379 e. The number of rotatable bonds is 10. The fourth-order valence-corrected chi connectivity index (χ4v) is 5.98. The first-order chi connectivity index (χ1) is 22.9. The van der Waals surface area contributed by atoms with Crippen LogP contribution >= 0.6 is 0 Å². The van der Waals surface area contributed by atoms with Crippen molar-refractivity contribution < 1.29 is 31.7 Å². The number of alkyl halides is 3. The molecule has 3 aromatic rings. The maximum Gasteiger partial charge on any atom is 0.418 e. The number of likely N-dealkylation sites (N-methyl/N-ethyl adjacent to an activating group) is 1. The largest absolute Gasteiger partial charge is 0.418 e. The number of hydrogen-bond donors (Lipinski definition) is 2. The van der Waals surface area contributed by atoms with E-state index in [1.54, 1.807) is 18.2 Å². The van der Waals surface area contributed by atoms with E-state index < -0.39 is 45.1 Å². The molecule has 2 aromatic heterocycles. The number of carbonyl (C=O) groups is 2. The summed E-state index contributed by atoms with van der Waals surface area (Å²) in [5.41, 5.74) is -1.02. The topological polar surface area (TPSA) is 151 Å². The molecule has 2 N–H and O–H groups in total. The maximum atomic E-state index is 14.0. The molecule has 2 aliphatic heterocycles. The molecule has 2 aliphatic rings. The Balaban J connectivity index is 1.39. The number of amides is 2. The quantitative estimate of drug-likeness (QED) is 0.301. The molecule has 48 heavy (non-hydrogen) atoms. The minimum Gasteiger partial charge on any atom is -0.379 e. The number of halogens is 3. The third-order valence-corrected chi connectivity index (χ3v) is 9.15. The first kappa shape index (κ1) is 35.3. The summed E-state index contributed by atoms with van der Waals surface area (Å²) in [6.45, 7) is 8.58. The van der Waals surface area contributed by atoms with Crippen molar-refractivity contribution in [1.82, 2.24) is 40.3 Å². The molecule has 18 heteroatoms. The van der Waals surface area contributed by atoms with Crippen LogP contribution in [0, 0.1) is 0 Å². The second kappa shape index (κ2) is 15.5. The molecule has 1 unspecified atom stereocenters. The third kappa shape index (κ3) is 8.72. The molecular formula is C30H39F3N10O4S. The number of morpholine rings is 1. The second-order valence-electron chi connectivity index (χ2n) is 11.8. The van der Waals surface area contributed by atoms with Crippen molar-refractivity contribution >= 4 is 34.0 Å². The van der Waals surface area contributed by atoms with Gasteiger partial charge in [-0.1, -0.05) is 5.21 Å². The lowest BCUT2D eigenvalue weighted by Crippen LogP contribution is -2.38. The van der Waals surface area contributed by atoms with E-state index in [1.807, 2.05) is 7.05 Å². The van der Waals surface area contributed by atoms with Crippen molar-refractivity contribution in [3.05, 3.63) is 47.4 Å². The Kier molecular flexibility index (Phi) is 11.4. The van der Waals surface area contributed by atoms with E-state index in [4.69, 9.17) is 4.74 Å². The third-order valence-electron chi connectivity index (χ3n) is 8.36. The number of nitrogens with one attached hydrogen (secondary N) is 2. The van der Waals surface area contributed by atoms with Crippen LogP contribution in [0.25, 0.3) is 5.69 Å². The number of aromatic nitrogens is 5. The highest BCUT2D eigenvalue weighted by Gasteiger charge is 2.38. The van der Waals surface area contributed by atoms with Crippen LogP contribution < -0.4 is 15.5 Å². The van der Waals surface area contributed by atoms with E-state index in [0.29, 0.717) is 50.3 Å². The fraction of sp³-hybridized carbons (Fsp3) is 0.533. The minimum absolute atomic E-state index is 0.0823. The van der Waals surface area contributed by atoms with E-state index in [1.165, 1.54) is 17.1 Å². The van der Waals surface area contributed by atoms with Crippen LogP contribution in [0.2, 0.25) is 0 Å². The molecule has 14 nitrogen and oxygen atoms in total. The molecule has 1 aromatic carbocycles. The normalized spacial score (nSPS) is 18.7. The summed E-state index contributed by atoms with van der Waals surface area (Å²) >= 11 is 0. The molecule has 0 saturated carbocycles. The van der Waals surface area contributed by atoms with Gasteiger partial charge in [0.2, 0.25) is 0 Å². The molecule has 0 spiro atoms. The molecule has 5 rings (SSSR count). The lowest BCUT2D eigenvalue weighted by molar-refractivity contribution is -0.138. The van der Waals surface area contributed by atoms with Crippen molar-refractivity contribution in [3.8, 4) is 5.69 Å². The van der Waals surface area contributed by atoms with E-state index in [0.717, 1.165) is 39.0 Å². The van der Waals surface area contributed by atoms with Crippen molar-refractivity contribution in [3.63, 3.8) is 0 Å². The van der Waals surface area contributed by atoms with Gasteiger partial charge in [-0.3, -0.25) is 18.7 Å². The Morgan fingerprint density at radius 2 is 1.83 bits per heavy atom. The molecule has 260 valence electrons. The lowest BCUT2D eigenvalue weighted by atomic mass is 10.1. The highest BCUT2D eigenvalue weighted by atomic mass is 32.2. The zero-order chi connectivity index (χ0) is 34.4. The van der Waals surface area contributed by atoms with Crippen LogP contribution in [-0.4, -0.2) is 129 Å². The number of hydrogen-bond acceptors (Lipinski definition) is 11. The monoisotopic (exact) mass is 692 g/mol. The van der Waals surface area contributed by atoms with Crippen LogP contribution in [0.1, 0.15) is 46.3 Å². The molecule has 0 aliphatic carbocycles. The van der Waals surface area contributed by atoms with Gasteiger partial charge in [0.05, 0.1) is 52.8 Å². The summed E-state index contributed by atoms with van der Waals surface area (Å²) in [5, 5.41) is 20.3. The fourth-order valence-electron chi connectivity index (χ4n) is 5.54. The Labute approximate surface area is 278 Å². The summed E-state index contributed by atoms with van der Waals surface area (Å²) in [4.78, 5) is 32.8. The van der Waals surface area contributed by atoms with Crippen molar-refractivity contribution in [2.24, 2.45) is 0 Å². The van der Waals surface area contributed by atoms with Gasteiger partial charge in [0.15, 0.2) is 11.4 Å². The highest BCUT2D eigenvalue weighted by molar-refractivity contribution is 7.84.